The van der Waals surface area contributed by atoms with Crippen LogP contribution in [0.2, 0.25) is 0 Å². The SMILES string of the molecule is COc1cc(OC)cc(C(=O)N[C@H](C(=O)N[C@@H]2C[C@H]3OCCC[C@H]23)C(C)C)c1. The third kappa shape index (κ3) is 4.41. The van der Waals surface area contributed by atoms with Crippen LogP contribution in [-0.4, -0.2) is 50.8 Å². The highest BCUT2D eigenvalue weighted by molar-refractivity contribution is 5.98. The summed E-state index contributed by atoms with van der Waals surface area (Å²) in [5.41, 5.74) is 0.388. The van der Waals surface area contributed by atoms with E-state index in [1.807, 2.05) is 13.8 Å². The lowest BCUT2D eigenvalue weighted by atomic mass is 9.72. The summed E-state index contributed by atoms with van der Waals surface area (Å²) >= 11 is 0. The molecule has 0 spiro atoms. The van der Waals surface area contributed by atoms with Crippen molar-refractivity contribution in [2.24, 2.45) is 11.8 Å². The van der Waals surface area contributed by atoms with Crippen LogP contribution in [0.15, 0.2) is 18.2 Å². The Bertz CT molecular complexity index is 698. The third-order valence-electron chi connectivity index (χ3n) is 5.67. The van der Waals surface area contributed by atoms with E-state index in [2.05, 4.69) is 10.6 Å². The molecular weight excluding hydrogens is 360 g/mol. The zero-order valence-electron chi connectivity index (χ0n) is 17.0. The molecule has 28 heavy (non-hydrogen) atoms. The van der Waals surface area contributed by atoms with Crippen molar-refractivity contribution >= 4 is 11.8 Å². The Morgan fingerprint density at radius 1 is 1.14 bits per heavy atom. The molecule has 3 rings (SSSR count). The summed E-state index contributed by atoms with van der Waals surface area (Å²) in [6.45, 7) is 4.66. The molecule has 0 radical (unpaired) electrons. The van der Waals surface area contributed by atoms with Crippen LogP contribution in [0.1, 0.15) is 43.5 Å². The standard InChI is InChI=1S/C21H30N2O5/c1-12(2)19(21(25)22-17-11-18-16(17)6-5-7-28-18)23-20(24)13-8-14(26-3)10-15(9-13)27-4/h8-10,12,16-19H,5-7,11H2,1-4H3,(H,22,25)(H,23,24)/t16-,17-,18-,19+/m1/s1. The van der Waals surface area contributed by atoms with Gasteiger partial charge in [-0.2, -0.15) is 0 Å². The van der Waals surface area contributed by atoms with E-state index in [1.165, 1.54) is 14.2 Å². The molecule has 2 amide bonds. The molecule has 1 aromatic carbocycles. The highest BCUT2D eigenvalue weighted by Crippen LogP contribution is 2.37. The van der Waals surface area contributed by atoms with E-state index in [0.717, 1.165) is 25.9 Å². The molecule has 1 saturated heterocycles. The number of carbonyl (C=O) groups is 2. The number of carbonyl (C=O) groups excluding carboxylic acids is 2. The quantitative estimate of drug-likeness (QED) is 0.745. The summed E-state index contributed by atoms with van der Waals surface area (Å²) in [5.74, 6) is 0.908. The molecule has 154 valence electrons. The van der Waals surface area contributed by atoms with Crippen LogP contribution < -0.4 is 20.1 Å². The first-order valence-corrected chi connectivity index (χ1v) is 9.88. The molecule has 7 heteroatoms. The van der Waals surface area contributed by atoms with Crippen LogP contribution in [0, 0.1) is 11.8 Å². The van der Waals surface area contributed by atoms with Gasteiger partial charge >= 0.3 is 0 Å². The van der Waals surface area contributed by atoms with E-state index in [9.17, 15) is 9.59 Å². The Labute approximate surface area is 166 Å². The maximum absolute atomic E-state index is 12.9. The molecule has 1 heterocycles. The highest BCUT2D eigenvalue weighted by atomic mass is 16.5. The summed E-state index contributed by atoms with van der Waals surface area (Å²) in [5, 5.41) is 5.98. The van der Waals surface area contributed by atoms with Crippen molar-refractivity contribution in [3.05, 3.63) is 23.8 Å². The zero-order chi connectivity index (χ0) is 20.3. The lowest BCUT2D eigenvalue weighted by Crippen LogP contribution is -2.61. The van der Waals surface area contributed by atoms with E-state index in [4.69, 9.17) is 14.2 Å². The number of fused-ring (bicyclic) bond motifs is 1. The summed E-state index contributed by atoms with van der Waals surface area (Å²) in [6, 6.07) is 4.47. The molecule has 4 atom stereocenters. The second-order valence-electron chi connectivity index (χ2n) is 7.86. The summed E-state index contributed by atoms with van der Waals surface area (Å²) in [4.78, 5) is 25.6. The van der Waals surface area contributed by atoms with Gasteiger partial charge in [0.1, 0.15) is 17.5 Å². The van der Waals surface area contributed by atoms with Crippen molar-refractivity contribution in [1.82, 2.24) is 10.6 Å². The maximum atomic E-state index is 12.9. The van der Waals surface area contributed by atoms with Gasteiger partial charge in [0.05, 0.1) is 20.3 Å². The van der Waals surface area contributed by atoms with Gasteiger partial charge in [0.25, 0.3) is 5.91 Å². The minimum Gasteiger partial charge on any atom is -0.497 e. The fraction of sp³-hybridized carbons (Fsp3) is 0.619. The van der Waals surface area contributed by atoms with Crippen LogP contribution in [0.25, 0.3) is 0 Å². The second kappa shape index (κ2) is 8.82. The molecular formula is C21H30N2O5. The lowest BCUT2D eigenvalue weighted by molar-refractivity contribution is -0.134. The molecule has 1 saturated carbocycles. The first-order chi connectivity index (χ1) is 13.4. The van der Waals surface area contributed by atoms with Gasteiger partial charge in [0.15, 0.2) is 0 Å². The lowest BCUT2D eigenvalue weighted by Gasteiger charge is -2.47. The van der Waals surface area contributed by atoms with Gasteiger partial charge < -0.3 is 24.8 Å². The number of amides is 2. The van der Waals surface area contributed by atoms with Crippen LogP contribution in [-0.2, 0) is 9.53 Å². The summed E-state index contributed by atoms with van der Waals surface area (Å²) in [6.07, 6.45) is 3.24. The number of hydrogen-bond donors (Lipinski definition) is 2. The van der Waals surface area contributed by atoms with Crippen molar-refractivity contribution in [3.63, 3.8) is 0 Å². The van der Waals surface area contributed by atoms with Crippen LogP contribution in [0.5, 0.6) is 11.5 Å². The van der Waals surface area contributed by atoms with Gasteiger partial charge in [-0.15, -0.1) is 0 Å². The number of ether oxygens (including phenoxy) is 3. The normalized spacial score (nSPS) is 24.5. The van der Waals surface area contributed by atoms with Crippen LogP contribution >= 0.6 is 0 Å². The monoisotopic (exact) mass is 390 g/mol. The van der Waals surface area contributed by atoms with Crippen LogP contribution in [0.3, 0.4) is 0 Å². The smallest absolute Gasteiger partial charge is 0.252 e. The van der Waals surface area contributed by atoms with Crippen molar-refractivity contribution in [2.45, 2.75) is 51.3 Å². The first-order valence-electron chi connectivity index (χ1n) is 9.88. The summed E-state index contributed by atoms with van der Waals surface area (Å²) < 4.78 is 16.2. The molecule has 2 aliphatic rings. The molecule has 7 nitrogen and oxygen atoms in total. The van der Waals surface area contributed by atoms with E-state index < -0.39 is 6.04 Å². The minimum absolute atomic E-state index is 0.0464. The van der Waals surface area contributed by atoms with E-state index in [0.29, 0.717) is 23.0 Å². The number of methoxy groups -OCH3 is 2. The molecule has 2 fully saturated rings. The predicted molar refractivity (Wildman–Crippen MR) is 105 cm³/mol. The Morgan fingerprint density at radius 3 is 2.39 bits per heavy atom. The van der Waals surface area contributed by atoms with Gasteiger partial charge in [-0.3, -0.25) is 9.59 Å². The maximum Gasteiger partial charge on any atom is 0.252 e. The molecule has 1 aliphatic carbocycles. The number of hydrogen-bond acceptors (Lipinski definition) is 5. The van der Waals surface area contributed by atoms with Gasteiger partial charge in [-0.25, -0.2) is 0 Å². The van der Waals surface area contributed by atoms with E-state index in [1.54, 1.807) is 18.2 Å². The first kappa shape index (κ1) is 20.5. The molecule has 1 aliphatic heterocycles. The average molecular weight is 390 g/mol. The molecule has 1 aromatic rings. The van der Waals surface area contributed by atoms with Gasteiger partial charge in [-0.05, 0) is 37.3 Å². The minimum atomic E-state index is -0.617. The Hall–Kier alpha value is -2.28. The predicted octanol–water partition coefficient (Wildman–Crippen LogP) is 2.14. The molecule has 0 bridgehead atoms. The largest absolute Gasteiger partial charge is 0.497 e. The molecule has 0 aromatic heterocycles. The Morgan fingerprint density at radius 2 is 1.82 bits per heavy atom. The van der Waals surface area contributed by atoms with Crippen molar-refractivity contribution in [3.8, 4) is 11.5 Å². The van der Waals surface area contributed by atoms with Crippen molar-refractivity contribution < 1.29 is 23.8 Å². The van der Waals surface area contributed by atoms with Crippen molar-refractivity contribution in [2.75, 3.05) is 20.8 Å². The molecule has 0 unspecified atom stereocenters. The van der Waals surface area contributed by atoms with Gasteiger partial charge in [0, 0.05) is 30.2 Å². The fourth-order valence-corrected chi connectivity index (χ4v) is 3.93. The third-order valence-corrected chi connectivity index (χ3v) is 5.67. The fourth-order valence-electron chi connectivity index (χ4n) is 3.93. The number of benzene rings is 1. The zero-order valence-corrected chi connectivity index (χ0v) is 17.0. The summed E-state index contributed by atoms with van der Waals surface area (Å²) in [7, 11) is 3.06. The van der Waals surface area contributed by atoms with Gasteiger partial charge in [0.2, 0.25) is 5.91 Å². The second-order valence-corrected chi connectivity index (χ2v) is 7.86. The topological polar surface area (TPSA) is 85.9 Å². The number of nitrogens with one attached hydrogen (secondary N) is 2. The Balaban J connectivity index is 1.65. The van der Waals surface area contributed by atoms with Crippen molar-refractivity contribution in [1.29, 1.82) is 0 Å². The van der Waals surface area contributed by atoms with E-state index in [-0.39, 0.29) is 29.9 Å². The Kier molecular flexibility index (Phi) is 6.44. The highest BCUT2D eigenvalue weighted by Gasteiger charge is 2.44. The van der Waals surface area contributed by atoms with E-state index >= 15 is 0 Å². The molecule has 2 N–H and O–H groups in total. The van der Waals surface area contributed by atoms with Crippen LogP contribution in [0.4, 0.5) is 0 Å². The average Bonchev–Trinajstić information content (AvgIpc) is 2.69. The number of rotatable bonds is 7. The van der Waals surface area contributed by atoms with Gasteiger partial charge in [-0.1, -0.05) is 13.8 Å².